The van der Waals surface area contributed by atoms with E-state index in [1.807, 2.05) is 0 Å². The molecular formula is C22H33BrN2O6. The van der Waals surface area contributed by atoms with Gasteiger partial charge in [0.05, 0.1) is 17.7 Å². The molecule has 0 saturated heterocycles. The van der Waals surface area contributed by atoms with Crippen LogP contribution < -0.4 is 11.2 Å². The van der Waals surface area contributed by atoms with Crippen molar-refractivity contribution in [3.63, 3.8) is 0 Å². The van der Waals surface area contributed by atoms with E-state index in [2.05, 4.69) is 27.8 Å². The smallest absolute Gasteiger partial charge is 0.328 e. The number of H-pyrrole nitrogens is 1. The fourth-order valence-corrected chi connectivity index (χ4v) is 4.34. The molecule has 0 bridgehead atoms. The molecule has 8 nitrogen and oxygen atoms in total. The predicted molar refractivity (Wildman–Crippen MR) is 122 cm³/mol. The number of hydrogen-bond acceptors (Lipinski definition) is 6. The van der Waals surface area contributed by atoms with E-state index in [9.17, 15) is 24.6 Å². The first-order chi connectivity index (χ1) is 14.9. The highest BCUT2D eigenvalue weighted by molar-refractivity contribution is 9.11. The lowest BCUT2D eigenvalue weighted by Crippen LogP contribution is -2.40. The van der Waals surface area contributed by atoms with E-state index in [-0.39, 0.29) is 25.0 Å². The molecule has 174 valence electrons. The Kier molecular flexibility index (Phi) is 10.7. The van der Waals surface area contributed by atoms with Crippen LogP contribution in [-0.2, 0) is 9.53 Å². The summed E-state index contributed by atoms with van der Waals surface area (Å²) in [6, 6.07) is -0.683. The fourth-order valence-electron chi connectivity index (χ4n) is 4.05. The average Bonchev–Trinajstić information content (AvgIpc) is 3.04. The van der Waals surface area contributed by atoms with Gasteiger partial charge in [-0.05, 0) is 23.9 Å². The van der Waals surface area contributed by atoms with Crippen LogP contribution in [0.2, 0.25) is 0 Å². The molecule has 1 saturated carbocycles. The summed E-state index contributed by atoms with van der Waals surface area (Å²) in [6.45, 7) is 1.87. The lowest BCUT2D eigenvalue weighted by Gasteiger charge is -2.24. The Morgan fingerprint density at radius 1 is 1.26 bits per heavy atom. The normalized spacial score (nSPS) is 23.5. The summed E-state index contributed by atoms with van der Waals surface area (Å²) in [4.78, 5) is 40.5. The van der Waals surface area contributed by atoms with E-state index < -0.39 is 41.4 Å². The number of ether oxygens (including phenoxy) is 1. The van der Waals surface area contributed by atoms with Crippen molar-refractivity contribution < 1.29 is 19.7 Å². The molecule has 1 aliphatic carbocycles. The molecule has 0 aromatic carbocycles. The van der Waals surface area contributed by atoms with Crippen LogP contribution in [0.3, 0.4) is 0 Å². The van der Waals surface area contributed by atoms with Gasteiger partial charge in [-0.25, -0.2) is 4.79 Å². The Morgan fingerprint density at radius 3 is 2.58 bits per heavy atom. The van der Waals surface area contributed by atoms with Crippen LogP contribution in [0.5, 0.6) is 0 Å². The van der Waals surface area contributed by atoms with Crippen LogP contribution in [-0.4, -0.2) is 44.5 Å². The monoisotopic (exact) mass is 500 g/mol. The number of unbranched alkanes of at least 4 members (excludes halogenated alkanes) is 6. The summed E-state index contributed by atoms with van der Waals surface area (Å²) in [7, 11) is 0. The Morgan fingerprint density at radius 2 is 1.94 bits per heavy atom. The molecule has 1 aromatic rings. The molecule has 0 radical (unpaired) electrons. The number of carbonyl (C=O) groups is 1. The first kappa shape index (κ1) is 25.5. The summed E-state index contributed by atoms with van der Waals surface area (Å²) in [6.07, 6.45) is 8.80. The van der Waals surface area contributed by atoms with Crippen molar-refractivity contribution in [2.75, 3.05) is 6.61 Å². The fraction of sp³-hybridized carbons (Fsp3) is 0.682. The van der Waals surface area contributed by atoms with Crippen LogP contribution in [0.4, 0.5) is 0 Å². The van der Waals surface area contributed by atoms with Crippen molar-refractivity contribution in [3.05, 3.63) is 37.6 Å². The number of aliphatic hydroxyl groups is 2. The second kappa shape index (κ2) is 13.0. The van der Waals surface area contributed by atoms with Crippen LogP contribution in [0.15, 0.2) is 20.8 Å². The van der Waals surface area contributed by atoms with Crippen molar-refractivity contribution in [1.29, 1.82) is 0 Å². The third kappa shape index (κ3) is 7.15. The minimum Gasteiger partial charge on any atom is -0.457 e. The largest absolute Gasteiger partial charge is 0.457 e. The second-order valence-electron chi connectivity index (χ2n) is 8.11. The van der Waals surface area contributed by atoms with Gasteiger partial charge in [0.1, 0.15) is 6.10 Å². The van der Waals surface area contributed by atoms with Crippen molar-refractivity contribution in [2.45, 2.75) is 83.0 Å². The first-order valence-electron chi connectivity index (χ1n) is 11.0. The quantitative estimate of drug-likeness (QED) is 0.299. The molecule has 1 aromatic heterocycles. The molecule has 3 N–H and O–H groups in total. The summed E-state index contributed by atoms with van der Waals surface area (Å²) < 4.78 is 6.85. The summed E-state index contributed by atoms with van der Waals surface area (Å²) in [5.41, 5.74) is -0.950. The van der Waals surface area contributed by atoms with Gasteiger partial charge in [0, 0.05) is 25.1 Å². The van der Waals surface area contributed by atoms with Crippen LogP contribution in [0.1, 0.15) is 76.3 Å². The number of halogens is 1. The molecule has 4 atom stereocenters. The third-order valence-electron chi connectivity index (χ3n) is 5.82. The molecule has 31 heavy (non-hydrogen) atoms. The lowest BCUT2D eigenvalue weighted by molar-refractivity contribution is -0.156. The molecular weight excluding hydrogens is 468 g/mol. The van der Waals surface area contributed by atoms with E-state index in [0.717, 1.165) is 19.3 Å². The summed E-state index contributed by atoms with van der Waals surface area (Å²) in [5.74, 6) is -0.963. The second-order valence-corrected chi connectivity index (χ2v) is 8.63. The van der Waals surface area contributed by atoms with Gasteiger partial charge in [0.15, 0.2) is 0 Å². The van der Waals surface area contributed by atoms with Gasteiger partial charge < -0.3 is 14.9 Å². The maximum atomic E-state index is 12.4. The van der Waals surface area contributed by atoms with E-state index in [4.69, 9.17) is 4.74 Å². The maximum Gasteiger partial charge on any atom is 0.328 e. The molecule has 9 heteroatoms. The Balaban J connectivity index is 2.07. The lowest BCUT2D eigenvalue weighted by atomic mass is 10.1. The summed E-state index contributed by atoms with van der Waals surface area (Å²) >= 11 is 3.11. The van der Waals surface area contributed by atoms with Crippen molar-refractivity contribution in [1.82, 2.24) is 9.55 Å². The zero-order valence-electron chi connectivity index (χ0n) is 18.0. The zero-order chi connectivity index (χ0) is 22.8. The number of esters is 1. The Labute approximate surface area is 190 Å². The van der Waals surface area contributed by atoms with Crippen LogP contribution in [0, 0.1) is 5.92 Å². The number of hydrogen-bond donors (Lipinski definition) is 3. The molecule has 2 rings (SSSR count). The van der Waals surface area contributed by atoms with Crippen LogP contribution in [0.25, 0.3) is 6.08 Å². The molecule has 0 unspecified atom stereocenters. The van der Waals surface area contributed by atoms with Crippen LogP contribution >= 0.6 is 15.9 Å². The summed E-state index contributed by atoms with van der Waals surface area (Å²) in [5, 5.41) is 20.2. The van der Waals surface area contributed by atoms with Gasteiger partial charge in [-0.15, -0.1) is 0 Å². The molecule has 1 aliphatic rings. The highest BCUT2D eigenvalue weighted by Gasteiger charge is 2.46. The number of aromatic amines is 1. The first-order valence-corrected chi connectivity index (χ1v) is 11.9. The average molecular weight is 501 g/mol. The highest BCUT2D eigenvalue weighted by atomic mass is 79.9. The predicted octanol–water partition coefficient (Wildman–Crippen LogP) is 2.87. The molecule has 1 fully saturated rings. The number of carbonyl (C=O) groups excluding carboxylic acids is 1. The van der Waals surface area contributed by atoms with Crippen molar-refractivity contribution in [3.8, 4) is 0 Å². The number of nitrogens with one attached hydrogen (secondary N) is 1. The topological polar surface area (TPSA) is 122 Å². The van der Waals surface area contributed by atoms with E-state index in [1.54, 1.807) is 0 Å². The number of rotatable bonds is 12. The zero-order valence-corrected chi connectivity index (χ0v) is 19.6. The van der Waals surface area contributed by atoms with E-state index in [0.29, 0.717) is 6.42 Å². The Bertz CT molecular complexity index is 849. The van der Waals surface area contributed by atoms with Gasteiger partial charge in [-0.3, -0.25) is 19.1 Å². The SMILES string of the molecule is CCCCCCCCCC(=O)O[C@H]1[C@H](O)[C@@H](CO)C[C@H]1n1cc(/C=C/Br)c(=O)[nH]c1=O. The highest BCUT2D eigenvalue weighted by Crippen LogP contribution is 2.36. The Hall–Kier alpha value is -1.71. The number of aromatic nitrogens is 2. The molecule has 0 spiro atoms. The minimum atomic E-state index is -1.10. The number of nitrogens with zero attached hydrogens (tertiary/aromatic N) is 1. The van der Waals surface area contributed by atoms with E-state index >= 15 is 0 Å². The van der Waals surface area contributed by atoms with Gasteiger partial charge in [-0.2, -0.15) is 0 Å². The van der Waals surface area contributed by atoms with Gasteiger partial charge >= 0.3 is 11.7 Å². The molecule has 1 heterocycles. The maximum absolute atomic E-state index is 12.4. The third-order valence-corrected chi connectivity index (χ3v) is 6.09. The van der Waals surface area contributed by atoms with E-state index in [1.165, 1.54) is 41.1 Å². The van der Waals surface area contributed by atoms with Gasteiger partial charge in [0.2, 0.25) is 0 Å². The van der Waals surface area contributed by atoms with Crippen molar-refractivity contribution in [2.24, 2.45) is 5.92 Å². The van der Waals surface area contributed by atoms with Gasteiger partial charge in [0.25, 0.3) is 5.56 Å². The number of aliphatic hydroxyl groups excluding tert-OH is 2. The minimum absolute atomic E-state index is 0.242. The molecule has 0 amide bonds. The van der Waals surface area contributed by atoms with Crippen molar-refractivity contribution >= 4 is 28.0 Å². The van der Waals surface area contributed by atoms with Gasteiger partial charge in [-0.1, -0.05) is 61.4 Å². The standard InChI is InChI=1S/C22H33BrN2O6/c1-2-3-4-5-6-7-8-9-18(27)31-20-17(12-16(14-26)19(20)28)25-13-15(10-11-23)21(29)24-22(25)30/h10-11,13,16-17,19-20,26,28H,2-9,12,14H2,1H3,(H,24,29,30)/b11-10+/t16-,17-,19-,20-/m1/s1. The molecule has 0 aliphatic heterocycles.